The molecule has 6 heteroatoms. The Morgan fingerprint density at radius 3 is 2.39 bits per heavy atom. The van der Waals surface area contributed by atoms with Gasteiger partial charge in [-0.15, -0.1) is 11.3 Å². The van der Waals surface area contributed by atoms with E-state index in [4.69, 9.17) is 9.47 Å². The van der Waals surface area contributed by atoms with Crippen LogP contribution >= 0.6 is 11.3 Å². The third-order valence-corrected chi connectivity index (χ3v) is 2.86. The molecule has 0 bridgehead atoms. The second-order valence-corrected chi connectivity index (χ2v) is 4.15. The molecule has 0 aliphatic heterocycles. The average molecular weight is 264 g/mol. The summed E-state index contributed by atoms with van der Waals surface area (Å²) in [6, 6.07) is 5.16. The molecule has 1 aromatic heterocycles. The summed E-state index contributed by atoms with van der Waals surface area (Å²) in [5, 5.41) is 4.43. The van der Waals surface area contributed by atoms with E-state index in [2.05, 4.69) is 10.3 Å². The van der Waals surface area contributed by atoms with E-state index in [9.17, 15) is 4.79 Å². The van der Waals surface area contributed by atoms with Crippen LogP contribution in [0.4, 0.5) is 5.69 Å². The Hall–Kier alpha value is -2.08. The molecular weight excluding hydrogens is 252 g/mol. The number of carbonyl (C=O) groups excluding carboxylic acids is 1. The van der Waals surface area contributed by atoms with Gasteiger partial charge in [0.15, 0.2) is 0 Å². The monoisotopic (exact) mass is 264 g/mol. The SMILES string of the molecule is COc1cc(NC(=O)c2cscn2)cc(OC)c1. The number of hydrogen-bond acceptors (Lipinski definition) is 5. The van der Waals surface area contributed by atoms with E-state index >= 15 is 0 Å². The second kappa shape index (κ2) is 5.50. The topological polar surface area (TPSA) is 60.5 Å². The van der Waals surface area contributed by atoms with E-state index in [-0.39, 0.29) is 5.91 Å². The van der Waals surface area contributed by atoms with E-state index in [1.807, 2.05) is 0 Å². The van der Waals surface area contributed by atoms with Gasteiger partial charge in [0, 0.05) is 29.3 Å². The summed E-state index contributed by atoms with van der Waals surface area (Å²) >= 11 is 1.37. The van der Waals surface area contributed by atoms with Crippen LogP contribution in [0.15, 0.2) is 29.1 Å². The Labute approximate surface area is 108 Å². The van der Waals surface area contributed by atoms with Crippen molar-refractivity contribution in [2.45, 2.75) is 0 Å². The normalized spacial score (nSPS) is 9.89. The van der Waals surface area contributed by atoms with Crippen LogP contribution < -0.4 is 14.8 Å². The van der Waals surface area contributed by atoms with Crippen LogP contribution in [0.3, 0.4) is 0 Å². The van der Waals surface area contributed by atoms with Gasteiger partial charge in [-0.25, -0.2) is 4.98 Å². The first-order valence-corrected chi connectivity index (χ1v) is 6.10. The fourth-order valence-electron chi connectivity index (χ4n) is 1.40. The summed E-state index contributed by atoms with van der Waals surface area (Å²) in [6.45, 7) is 0. The molecule has 1 N–H and O–H groups in total. The summed E-state index contributed by atoms with van der Waals surface area (Å²) in [4.78, 5) is 15.8. The molecular formula is C12H12N2O3S. The summed E-state index contributed by atoms with van der Waals surface area (Å²) in [6.07, 6.45) is 0. The van der Waals surface area contributed by atoms with E-state index in [0.717, 1.165) is 0 Å². The fraction of sp³-hybridized carbons (Fsp3) is 0.167. The quantitative estimate of drug-likeness (QED) is 0.921. The van der Waals surface area contributed by atoms with E-state index in [0.29, 0.717) is 22.9 Å². The summed E-state index contributed by atoms with van der Waals surface area (Å²) in [5.41, 5.74) is 2.60. The van der Waals surface area contributed by atoms with Crippen LogP contribution in [0, 0.1) is 0 Å². The number of amides is 1. The number of ether oxygens (including phenoxy) is 2. The number of rotatable bonds is 4. The van der Waals surface area contributed by atoms with Crippen LogP contribution in [0.1, 0.15) is 10.5 Å². The molecule has 2 aromatic rings. The molecule has 0 radical (unpaired) electrons. The molecule has 1 amide bonds. The van der Waals surface area contributed by atoms with Gasteiger partial charge in [-0.05, 0) is 0 Å². The number of benzene rings is 1. The molecule has 0 unspecified atom stereocenters. The van der Waals surface area contributed by atoms with Gasteiger partial charge in [0.25, 0.3) is 5.91 Å². The van der Waals surface area contributed by atoms with Gasteiger partial charge in [-0.2, -0.15) is 0 Å². The molecule has 0 spiro atoms. The first kappa shape index (κ1) is 12.4. The van der Waals surface area contributed by atoms with Gasteiger partial charge in [0.05, 0.1) is 19.7 Å². The first-order valence-electron chi connectivity index (χ1n) is 5.15. The lowest BCUT2D eigenvalue weighted by atomic mass is 10.2. The Morgan fingerprint density at radius 1 is 1.22 bits per heavy atom. The van der Waals surface area contributed by atoms with Crippen molar-refractivity contribution in [2.24, 2.45) is 0 Å². The van der Waals surface area contributed by atoms with Crippen molar-refractivity contribution in [3.8, 4) is 11.5 Å². The zero-order chi connectivity index (χ0) is 13.0. The lowest BCUT2D eigenvalue weighted by Gasteiger charge is -2.08. The molecule has 0 fully saturated rings. The molecule has 18 heavy (non-hydrogen) atoms. The molecule has 0 aliphatic carbocycles. The van der Waals surface area contributed by atoms with E-state index in [1.165, 1.54) is 11.3 Å². The first-order chi connectivity index (χ1) is 8.72. The maximum Gasteiger partial charge on any atom is 0.275 e. The number of nitrogens with zero attached hydrogens (tertiary/aromatic N) is 1. The standard InChI is InChI=1S/C12H12N2O3S/c1-16-9-3-8(4-10(5-9)17-2)14-12(15)11-6-18-7-13-11/h3-7H,1-2H3,(H,14,15). The number of aromatic nitrogens is 1. The lowest BCUT2D eigenvalue weighted by Crippen LogP contribution is -2.12. The van der Waals surface area contributed by atoms with Crippen molar-refractivity contribution in [1.29, 1.82) is 0 Å². The van der Waals surface area contributed by atoms with Crippen LogP contribution in [0.5, 0.6) is 11.5 Å². The number of carbonyl (C=O) groups is 1. The van der Waals surface area contributed by atoms with E-state index < -0.39 is 0 Å². The number of nitrogens with one attached hydrogen (secondary N) is 1. The molecule has 0 atom stereocenters. The Balaban J connectivity index is 2.20. The average Bonchev–Trinajstić information content (AvgIpc) is 2.92. The zero-order valence-electron chi connectivity index (χ0n) is 9.97. The number of hydrogen-bond donors (Lipinski definition) is 1. The lowest BCUT2D eigenvalue weighted by molar-refractivity contribution is 0.102. The Bertz CT molecular complexity index is 518. The van der Waals surface area contributed by atoms with Crippen molar-refractivity contribution in [1.82, 2.24) is 4.98 Å². The maximum absolute atomic E-state index is 11.8. The van der Waals surface area contributed by atoms with Crippen LogP contribution in [-0.4, -0.2) is 25.1 Å². The number of methoxy groups -OCH3 is 2. The fourth-order valence-corrected chi connectivity index (χ4v) is 1.93. The molecule has 0 aliphatic rings. The number of anilines is 1. The Kier molecular flexibility index (Phi) is 3.78. The summed E-state index contributed by atoms with van der Waals surface area (Å²) < 4.78 is 10.2. The van der Waals surface area contributed by atoms with Crippen molar-refractivity contribution in [3.05, 3.63) is 34.8 Å². The van der Waals surface area contributed by atoms with Gasteiger partial charge in [0.2, 0.25) is 0 Å². The molecule has 1 heterocycles. The zero-order valence-corrected chi connectivity index (χ0v) is 10.8. The van der Waals surface area contributed by atoms with E-state index in [1.54, 1.807) is 43.3 Å². The van der Waals surface area contributed by atoms with Gasteiger partial charge >= 0.3 is 0 Å². The third-order valence-electron chi connectivity index (χ3n) is 2.27. The largest absolute Gasteiger partial charge is 0.497 e. The predicted octanol–water partition coefficient (Wildman–Crippen LogP) is 2.41. The summed E-state index contributed by atoms with van der Waals surface area (Å²) in [5.74, 6) is 0.970. The minimum absolute atomic E-state index is 0.258. The minimum atomic E-state index is -0.258. The summed E-state index contributed by atoms with van der Waals surface area (Å²) in [7, 11) is 3.11. The van der Waals surface area contributed by atoms with Crippen molar-refractivity contribution >= 4 is 22.9 Å². The van der Waals surface area contributed by atoms with Gasteiger partial charge in [-0.1, -0.05) is 0 Å². The van der Waals surface area contributed by atoms with Crippen molar-refractivity contribution in [2.75, 3.05) is 19.5 Å². The highest BCUT2D eigenvalue weighted by Gasteiger charge is 2.09. The van der Waals surface area contributed by atoms with Gasteiger partial charge in [-0.3, -0.25) is 4.79 Å². The highest BCUT2D eigenvalue weighted by atomic mass is 32.1. The molecule has 1 aromatic carbocycles. The molecule has 94 valence electrons. The molecule has 0 saturated heterocycles. The smallest absolute Gasteiger partial charge is 0.275 e. The molecule has 2 rings (SSSR count). The highest BCUT2D eigenvalue weighted by Crippen LogP contribution is 2.26. The molecule has 5 nitrogen and oxygen atoms in total. The van der Waals surface area contributed by atoms with Gasteiger partial charge in [0.1, 0.15) is 17.2 Å². The Morgan fingerprint density at radius 2 is 1.89 bits per heavy atom. The highest BCUT2D eigenvalue weighted by molar-refractivity contribution is 7.07. The van der Waals surface area contributed by atoms with Crippen LogP contribution in [0.2, 0.25) is 0 Å². The van der Waals surface area contributed by atoms with Crippen LogP contribution in [-0.2, 0) is 0 Å². The maximum atomic E-state index is 11.8. The number of thiazole rings is 1. The van der Waals surface area contributed by atoms with Crippen LogP contribution in [0.25, 0.3) is 0 Å². The molecule has 0 saturated carbocycles. The predicted molar refractivity (Wildman–Crippen MR) is 69.6 cm³/mol. The van der Waals surface area contributed by atoms with Gasteiger partial charge < -0.3 is 14.8 Å². The third kappa shape index (κ3) is 2.78. The second-order valence-electron chi connectivity index (χ2n) is 3.43. The van der Waals surface area contributed by atoms with Crippen molar-refractivity contribution < 1.29 is 14.3 Å². The van der Waals surface area contributed by atoms with Crippen molar-refractivity contribution in [3.63, 3.8) is 0 Å². The minimum Gasteiger partial charge on any atom is -0.497 e.